The minimum atomic E-state index is -0.0440. The van der Waals surface area contributed by atoms with Gasteiger partial charge in [0.2, 0.25) is 0 Å². The molecule has 2 N–H and O–H groups in total. The van der Waals surface area contributed by atoms with Gasteiger partial charge < -0.3 is 15.4 Å². The summed E-state index contributed by atoms with van der Waals surface area (Å²) < 4.78 is 5.78. The molecule has 0 spiro atoms. The van der Waals surface area contributed by atoms with Crippen molar-refractivity contribution in [2.24, 2.45) is 4.99 Å². The highest BCUT2D eigenvalue weighted by atomic mass is 127. The van der Waals surface area contributed by atoms with Crippen LogP contribution in [0.1, 0.15) is 27.7 Å². The maximum atomic E-state index is 6.06. The molecule has 4 nitrogen and oxygen atoms in total. The Bertz CT molecular complexity index is 441. The summed E-state index contributed by atoms with van der Waals surface area (Å²) in [6, 6.07) is 7.81. The van der Waals surface area contributed by atoms with Crippen molar-refractivity contribution >= 4 is 41.5 Å². The van der Waals surface area contributed by atoms with E-state index in [2.05, 4.69) is 29.5 Å². The average molecular weight is 426 g/mol. The minimum Gasteiger partial charge on any atom is -0.487 e. The van der Waals surface area contributed by atoms with E-state index >= 15 is 0 Å². The van der Waals surface area contributed by atoms with E-state index < -0.39 is 0 Å². The zero-order valence-corrected chi connectivity index (χ0v) is 16.1. The molecule has 0 aliphatic heterocycles. The van der Waals surface area contributed by atoms with Crippen molar-refractivity contribution in [3.63, 3.8) is 0 Å². The molecule has 0 heterocycles. The minimum absolute atomic E-state index is 0. The number of halogens is 2. The third kappa shape index (κ3) is 8.36. The number of hydrogen-bond donors (Lipinski definition) is 2. The second-order valence-electron chi connectivity index (χ2n) is 4.88. The number of nitrogens with zero attached hydrogens (tertiary/aromatic N) is 1. The molecule has 1 rings (SSSR count). The highest BCUT2D eigenvalue weighted by Gasteiger charge is 2.07. The van der Waals surface area contributed by atoms with Gasteiger partial charge in [-0.25, -0.2) is 4.99 Å². The predicted molar refractivity (Wildman–Crippen MR) is 101 cm³/mol. The molecule has 0 aliphatic rings. The van der Waals surface area contributed by atoms with Gasteiger partial charge in [0.25, 0.3) is 0 Å². The van der Waals surface area contributed by atoms with Crippen molar-refractivity contribution in [1.29, 1.82) is 0 Å². The Hall–Kier alpha value is -0.690. The maximum absolute atomic E-state index is 6.06. The monoisotopic (exact) mass is 425 g/mol. The lowest BCUT2D eigenvalue weighted by Crippen LogP contribution is -2.41. The molecular weight excluding hydrogens is 401 g/mol. The smallest absolute Gasteiger partial charge is 0.191 e. The normalized spacial score (nSPS) is 12.6. The Labute approximate surface area is 149 Å². The fourth-order valence-corrected chi connectivity index (χ4v) is 1.79. The van der Waals surface area contributed by atoms with Gasteiger partial charge in [0.1, 0.15) is 11.9 Å². The van der Waals surface area contributed by atoms with Crippen molar-refractivity contribution < 1.29 is 4.74 Å². The number of para-hydroxylation sites is 1. The lowest BCUT2D eigenvalue weighted by Gasteiger charge is -2.17. The number of hydrogen-bond acceptors (Lipinski definition) is 2. The summed E-state index contributed by atoms with van der Waals surface area (Å²) >= 11 is 6.06. The van der Waals surface area contributed by atoms with E-state index in [0.717, 1.165) is 12.5 Å². The van der Waals surface area contributed by atoms with Crippen LogP contribution >= 0.6 is 35.6 Å². The van der Waals surface area contributed by atoms with Crippen molar-refractivity contribution in [2.45, 2.75) is 39.8 Å². The Morgan fingerprint density at radius 2 is 1.95 bits per heavy atom. The highest BCUT2D eigenvalue weighted by Crippen LogP contribution is 2.24. The van der Waals surface area contributed by atoms with Gasteiger partial charge in [-0.3, -0.25) is 0 Å². The second kappa shape index (κ2) is 11.0. The molecule has 120 valence electrons. The van der Waals surface area contributed by atoms with Crippen molar-refractivity contribution in [1.82, 2.24) is 10.6 Å². The topological polar surface area (TPSA) is 45.7 Å². The number of aliphatic imine (C=N–C) groups is 1. The fourth-order valence-electron chi connectivity index (χ4n) is 1.61. The van der Waals surface area contributed by atoms with Gasteiger partial charge in [-0.2, -0.15) is 0 Å². The predicted octanol–water partition coefficient (Wildman–Crippen LogP) is 3.69. The van der Waals surface area contributed by atoms with Gasteiger partial charge in [-0.1, -0.05) is 23.7 Å². The van der Waals surface area contributed by atoms with E-state index in [1.807, 2.05) is 38.1 Å². The van der Waals surface area contributed by atoms with Crippen molar-refractivity contribution in [2.75, 3.05) is 13.1 Å². The summed E-state index contributed by atoms with van der Waals surface area (Å²) in [5.41, 5.74) is 0. The van der Waals surface area contributed by atoms with Crippen LogP contribution in [0.4, 0.5) is 0 Å². The number of rotatable bonds is 6. The summed E-state index contributed by atoms with van der Waals surface area (Å²) in [5, 5.41) is 7.09. The molecule has 1 aromatic rings. The van der Waals surface area contributed by atoms with Gasteiger partial charge in [0.05, 0.1) is 11.6 Å². The average Bonchev–Trinajstić information content (AvgIpc) is 2.38. The van der Waals surface area contributed by atoms with Crippen LogP contribution in [0.15, 0.2) is 29.3 Å². The van der Waals surface area contributed by atoms with E-state index in [4.69, 9.17) is 16.3 Å². The Morgan fingerprint density at radius 1 is 1.29 bits per heavy atom. The third-order valence-electron chi connectivity index (χ3n) is 2.44. The lowest BCUT2D eigenvalue weighted by molar-refractivity contribution is 0.230. The van der Waals surface area contributed by atoms with E-state index in [0.29, 0.717) is 23.4 Å². The van der Waals surface area contributed by atoms with E-state index in [9.17, 15) is 0 Å². The van der Waals surface area contributed by atoms with Crippen LogP contribution < -0.4 is 15.4 Å². The summed E-state index contributed by atoms with van der Waals surface area (Å²) in [5.74, 6) is 1.50. The molecule has 0 aliphatic carbocycles. The van der Waals surface area contributed by atoms with Crippen LogP contribution in [0.5, 0.6) is 5.75 Å². The van der Waals surface area contributed by atoms with E-state index in [-0.39, 0.29) is 30.1 Å². The van der Waals surface area contributed by atoms with Gasteiger partial charge in [0, 0.05) is 12.6 Å². The molecule has 0 aromatic heterocycles. The summed E-state index contributed by atoms with van der Waals surface area (Å²) in [7, 11) is 0. The molecule has 0 saturated heterocycles. The Kier molecular flexibility index (Phi) is 10.6. The van der Waals surface area contributed by atoms with Gasteiger partial charge >= 0.3 is 0 Å². The first-order valence-corrected chi connectivity index (χ1v) is 7.36. The molecule has 0 radical (unpaired) electrons. The molecule has 6 heteroatoms. The molecule has 1 unspecified atom stereocenters. The van der Waals surface area contributed by atoms with Gasteiger partial charge in [0.15, 0.2) is 5.96 Å². The quantitative estimate of drug-likeness (QED) is 0.415. The highest BCUT2D eigenvalue weighted by molar-refractivity contribution is 14.0. The standard InChI is InChI=1S/C15H24ClN3O.HI/c1-5-17-15(19-11(2)3)18-10-12(4)20-14-9-7-6-8-13(14)16;/h6-9,11-12H,5,10H2,1-4H3,(H2,17,18,19);1H. The summed E-state index contributed by atoms with van der Waals surface area (Å²) in [6.07, 6.45) is -0.0440. The second-order valence-corrected chi connectivity index (χ2v) is 5.28. The van der Waals surface area contributed by atoms with Crippen LogP contribution in [0.3, 0.4) is 0 Å². The number of ether oxygens (including phenoxy) is 1. The van der Waals surface area contributed by atoms with Crippen molar-refractivity contribution in [3.8, 4) is 5.75 Å². The molecule has 0 bridgehead atoms. The summed E-state index contributed by atoms with van der Waals surface area (Å²) in [6.45, 7) is 9.58. The molecule has 21 heavy (non-hydrogen) atoms. The first-order chi connectivity index (χ1) is 9.52. The number of guanidine groups is 1. The largest absolute Gasteiger partial charge is 0.487 e. The maximum Gasteiger partial charge on any atom is 0.191 e. The van der Waals surface area contributed by atoms with Crippen LogP contribution in [0.2, 0.25) is 5.02 Å². The Morgan fingerprint density at radius 3 is 2.52 bits per heavy atom. The van der Waals surface area contributed by atoms with Crippen LogP contribution in [-0.4, -0.2) is 31.2 Å². The SMILES string of the molecule is CCNC(=NCC(C)Oc1ccccc1Cl)NC(C)C.I. The zero-order chi connectivity index (χ0) is 15.0. The third-order valence-corrected chi connectivity index (χ3v) is 2.75. The van der Waals surface area contributed by atoms with Crippen LogP contribution in [0, 0.1) is 0 Å². The molecular formula is C15H25ClIN3O. The molecule has 0 fully saturated rings. The van der Waals surface area contributed by atoms with Crippen molar-refractivity contribution in [3.05, 3.63) is 29.3 Å². The van der Waals surface area contributed by atoms with E-state index in [1.165, 1.54) is 0 Å². The van der Waals surface area contributed by atoms with Gasteiger partial charge in [-0.05, 0) is 39.8 Å². The zero-order valence-electron chi connectivity index (χ0n) is 13.0. The van der Waals surface area contributed by atoms with Crippen LogP contribution in [0.25, 0.3) is 0 Å². The molecule has 0 saturated carbocycles. The number of nitrogens with one attached hydrogen (secondary N) is 2. The lowest BCUT2D eigenvalue weighted by atomic mass is 10.3. The van der Waals surface area contributed by atoms with Crippen LogP contribution in [-0.2, 0) is 0 Å². The molecule has 1 aromatic carbocycles. The fraction of sp³-hybridized carbons (Fsp3) is 0.533. The molecule has 1 atom stereocenters. The van der Waals surface area contributed by atoms with Gasteiger partial charge in [-0.15, -0.1) is 24.0 Å². The first kappa shape index (κ1) is 20.3. The summed E-state index contributed by atoms with van der Waals surface area (Å²) in [4.78, 5) is 4.51. The van der Waals surface area contributed by atoms with E-state index in [1.54, 1.807) is 0 Å². The molecule has 0 amide bonds. The Balaban J connectivity index is 0.00000400. The first-order valence-electron chi connectivity index (χ1n) is 6.99. The number of benzene rings is 1.